The third kappa shape index (κ3) is 5.73. The van der Waals surface area contributed by atoms with Gasteiger partial charge < -0.3 is 19.5 Å². The molecule has 0 saturated heterocycles. The van der Waals surface area contributed by atoms with E-state index in [-0.39, 0.29) is 17.9 Å². The zero-order chi connectivity index (χ0) is 20.7. The monoisotopic (exact) mass is 449 g/mol. The van der Waals surface area contributed by atoms with E-state index in [4.69, 9.17) is 9.47 Å². The number of carbonyl (C=O) groups is 2. The van der Waals surface area contributed by atoms with Crippen LogP contribution >= 0.6 is 15.9 Å². The second-order valence-corrected chi connectivity index (χ2v) is 7.72. The summed E-state index contributed by atoms with van der Waals surface area (Å²) in [5, 5.41) is 2.96. The van der Waals surface area contributed by atoms with E-state index in [2.05, 4.69) is 39.8 Å². The van der Waals surface area contributed by atoms with Gasteiger partial charge in [0.2, 0.25) is 0 Å². The Bertz CT molecular complexity index is 833. The second kappa shape index (κ2) is 9.59. The van der Waals surface area contributed by atoms with Crippen LogP contribution < -0.4 is 14.8 Å². The van der Waals surface area contributed by atoms with Gasteiger partial charge in [0, 0.05) is 22.0 Å². The van der Waals surface area contributed by atoms with Gasteiger partial charge in [-0.3, -0.25) is 4.79 Å². The van der Waals surface area contributed by atoms with Gasteiger partial charge in [0.05, 0.1) is 14.2 Å². The Kier molecular flexibility index (Phi) is 7.45. The average Bonchev–Trinajstić information content (AvgIpc) is 2.70. The van der Waals surface area contributed by atoms with Crippen LogP contribution in [0, 0.1) is 0 Å². The molecule has 0 heterocycles. The highest BCUT2D eigenvalue weighted by Gasteiger charge is 2.22. The van der Waals surface area contributed by atoms with E-state index in [0.29, 0.717) is 23.6 Å². The molecule has 6 nitrogen and oxygen atoms in total. The predicted molar refractivity (Wildman–Crippen MR) is 110 cm³/mol. The SMILES string of the molecule is COC(=O)COc1ccc(C(=O)NCC(C)(C)c2ccc(Br)cc2)cc1OC. The third-order valence-electron chi connectivity index (χ3n) is 4.32. The standard InChI is InChI=1S/C21H24BrNO5/c1-21(2,15-6-8-16(22)9-7-15)13-23-20(25)14-5-10-17(18(11-14)26-3)28-12-19(24)27-4/h5-11H,12-13H2,1-4H3,(H,23,25). The minimum Gasteiger partial charge on any atom is -0.493 e. The van der Waals surface area contributed by atoms with Crippen LogP contribution in [0.15, 0.2) is 46.9 Å². The number of nitrogens with one attached hydrogen (secondary N) is 1. The van der Waals surface area contributed by atoms with E-state index in [1.165, 1.54) is 14.2 Å². The number of benzene rings is 2. The maximum atomic E-state index is 12.6. The van der Waals surface area contributed by atoms with Crippen molar-refractivity contribution in [2.24, 2.45) is 0 Å². The van der Waals surface area contributed by atoms with Gasteiger partial charge in [-0.25, -0.2) is 4.79 Å². The number of esters is 1. The molecule has 28 heavy (non-hydrogen) atoms. The van der Waals surface area contributed by atoms with Gasteiger partial charge in [0.25, 0.3) is 5.91 Å². The summed E-state index contributed by atoms with van der Waals surface area (Å²) in [5.74, 6) is 0.00501. The van der Waals surface area contributed by atoms with E-state index in [1.54, 1.807) is 18.2 Å². The fourth-order valence-electron chi connectivity index (χ4n) is 2.53. The van der Waals surface area contributed by atoms with Gasteiger partial charge in [-0.2, -0.15) is 0 Å². The molecule has 0 aliphatic rings. The zero-order valence-corrected chi connectivity index (χ0v) is 18.0. The lowest BCUT2D eigenvalue weighted by atomic mass is 9.84. The first-order chi connectivity index (χ1) is 13.3. The molecule has 150 valence electrons. The molecule has 1 amide bonds. The lowest BCUT2D eigenvalue weighted by molar-refractivity contribution is -0.142. The van der Waals surface area contributed by atoms with Crippen LogP contribution in [0.3, 0.4) is 0 Å². The molecular weight excluding hydrogens is 426 g/mol. The van der Waals surface area contributed by atoms with Crippen LogP contribution in [0.2, 0.25) is 0 Å². The molecule has 7 heteroatoms. The molecule has 2 aromatic rings. The molecule has 0 aliphatic carbocycles. The highest BCUT2D eigenvalue weighted by molar-refractivity contribution is 9.10. The number of carbonyl (C=O) groups excluding carboxylic acids is 2. The van der Waals surface area contributed by atoms with Crippen molar-refractivity contribution in [1.29, 1.82) is 0 Å². The van der Waals surface area contributed by atoms with Gasteiger partial charge in [-0.05, 0) is 35.9 Å². The van der Waals surface area contributed by atoms with Crippen molar-refractivity contribution in [3.8, 4) is 11.5 Å². The summed E-state index contributed by atoms with van der Waals surface area (Å²) in [7, 11) is 2.75. The Hall–Kier alpha value is -2.54. The maximum absolute atomic E-state index is 12.6. The van der Waals surface area contributed by atoms with Crippen molar-refractivity contribution in [2.75, 3.05) is 27.4 Å². The average molecular weight is 450 g/mol. The van der Waals surface area contributed by atoms with Crippen molar-refractivity contribution in [2.45, 2.75) is 19.3 Å². The van der Waals surface area contributed by atoms with Crippen LogP contribution in [-0.2, 0) is 14.9 Å². The molecule has 0 aromatic heterocycles. The Morgan fingerprint density at radius 3 is 2.32 bits per heavy atom. The number of amides is 1. The molecular formula is C21H24BrNO5. The summed E-state index contributed by atoms with van der Waals surface area (Å²) in [6.07, 6.45) is 0. The lowest BCUT2D eigenvalue weighted by Gasteiger charge is -2.26. The quantitative estimate of drug-likeness (QED) is 0.621. The van der Waals surface area contributed by atoms with Gasteiger partial charge in [0.1, 0.15) is 0 Å². The summed E-state index contributed by atoms with van der Waals surface area (Å²) in [6, 6.07) is 12.8. The molecule has 0 atom stereocenters. The van der Waals surface area contributed by atoms with Crippen molar-refractivity contribution >= 4 is 27.8 Å². The Balaban J connectivity index is 2.05. The minimum atomic E-state index is -0.501. The van der Waals surface area contributed by atoms with Crippen LogP contribution in [0.1, 0.15) is 29.8 Å². The van der Waals surface area contributed by atoms with E-state index < -0.39 is 5.97 Å². The van der Waals surface area contributed by atoms with Crippen molar-refractivity contribution in [3.63, 3.8) is 0 Å². The first kappa shape index (κ1) is 21.8. The molecule has 0 saturated carbocycles. The first-order valence-corrected chi connectivity index (χ1v) is 9.48. The van der Waals surface area contributed by atoms with Gasteiger partial charge in [-0.15, -0.1) is 0 Å². The number of rotatable bonds is 8. The van der Waals surface area contributed by atoms with Crippen molar-refractivity contribution in [1.82, 2.24) is 5.32 Å². The molecule has 0 unspecified atom stereocenters. The van der Waals surface area contributed by atoms with Crippen LogP contribution in [0.5, 0.6) is 11.5 Å². The molecule has 0 fully saturated rings. The number of ether oxygens (including phenoxy) is 3. The molecule has 0 radical (unpaired) electrons. The van der Waals surface area contributed by atoms with Gasteiger partial charge >= 0.3 is 5.97 Å². The molecule has 0 aliphatic heterocycles. The van der Waals surface area contributed by atoms with Crippen LogP contribution in [-0.4, -0.2) is 39.2 Å². The maximum Gasteiger partial charge on any atom is 0.343 e. The number of hydrogen-bond donors (Lipinski definition) is 1. The summed E-state index contributed by atoms with van der Waals surface area (Å²) < 4.78 is 16.2. The van der Waals surface area contributed by atoms with E-state index in [0.717, 1.165) is 10.0 Å². The highest BCUT2D eigenvalue weighted by atomic mass is 79.9. The van der Waals surface area contributed by atoms with Crippen LogP contribution in [0.4, 0.5) is 0 Å². The molecule has 0 bridgehead atoms. The zero-order valence-electron chi connectivity index (χ0n) is 16.4. The van der Waals surface area contributed by atoms with Crippen molar-refractivity contribution in [3.05, 3.63) is 58.1 Å². The molecule has 1 N–H and O–H groups in total. The second-order valence-electron chi connectivity index (χ2n) is 6.80. The van der Waals surface area contributed by atoms with E-state index in [1.807, 2.05) is 24.3 Å². The summed E-state index contributed by atoms with van der Waals surface area (Å²) in [4.78, 5) is 23.8. The number of hydrogen-bond acceptors (Lipinski definition) is 5. The topological polar surface area (TPSA) is 73.9 Å². The molecule has 2 aromatic carbocycles. The van der Waals surface area contributed by atoms with E-state index in [9.17, 15) is 9.59 Å². The smallest absolute Gasteiger partial charge is 0.343 e. The third-order valence-corrected chi connectivity index (χ3v) is 4.84. The minimum absolute atomic E-state index is 0.219. The van der Waals surface area contributed by atoms with Gasteiger partial charge in [-0.1, -0.05) is 41.9 Å². The number of halogens is 1. The summed E-state index contributed by atoms with van der Waals surface area (Å²) in [5.41, 5.74) is 1.33. The first-order valence-electron chi connectivity index (χ1n) is 8.68. The Morgan fingerprint density at radius 1 is 1.04 bits per heavy atom. The largest absolute Gasteiger partial charge is 0.493 e. The molecule has 2 rings (SSSR count). The van der Waals surface area contributed by atoms with E-state index >= 15 is 0 Å². The fraction of sp³-hybridized carbons (Fsp3) is 0.333. The lowest BCUT2D eigenvalue weighted by Crippen LogP contribution is -2.36. The van der Waals surface area contributed by atoms with Gasteiger partial charge in [0.15, 0.2) is 18.1 Å². The van der Waals surface area contributed by atoms with Crippen molar-refractivity contribution < 1.29 is 23.8 Å². The summed E-state index contributed by atoms with van der Waals surface area (Å²) in [6.45, 7) is 4.37. The Morgan fingerprint density at radius 2 is 1.71 bits per heavy atom. The Labute approximate surface area is 173 Å². The predicted octanol–water partition coefficient (Wildman–Crippen LogP) is 3.72. The highest BCUT2D eigenvalue weighted by Crippen LogP contribution is 2.28. The normalized spacial score (nSPS) is 10.9. The number of methoxy groups -OCH3 is 2. The fourth-order valence-corrected chi connectivity index (χ4v) is 2.79. The molecule has 0 spiro atoms. The summed E-state index contributed by atoms with van der Waals surface area (Å²) >= 11 is 3.43. The van der Waals surface area contributed by atoms with Crippen LogP contribution in [0.25, 0.3) is 0 Å².